The first-order chi connectivity index (χ1) is 11.7. The van der Waals surface area contributed by atoms with E-state index in [1.165, 1.54) is 41.7 Å². The monoisotopic (exact) mass is 323 g/mol. The third-order valence-electron chi connectivity index (χ3n) is 5.26. The molecule has 4 rings (SSSR count). The summed E-state index contributed by atoms with van der Waals surface area (Å²) < 4.78 is 2.08. The Morgan fingerprint density at radius 3 is 3.08 bits per heavy atom. The minimum atomic E-state index is 0.564. The fraction of sp³-hybridized carbons (Fsp3) is 0.474. The Labute approximate surface area is 142 Å². The standard InChI is InChI=1S/C19H25N5/c1-3-24-14(2)17(11-21-24)13-23-9-5-7-16(12-23)18-10-15-6-4-8-20-19(15)22-18/h4,6,8,10-11,16H,3,5,7,9,12-13H2,1-2H3,(H,20,22)/t16-/m1/s1. The summed E-state index contributed by atoms with van der Waals surface area (Å²) in [6, 6.07) is 6.41. The molecule has 1 saturated heterocycles. The number of likely N-dealkylation sites (tertiary alicyclic amines) is 1. The van der Waals surface area contributed by atoms with Gasteiger partial charge in [-0.3, -0.25) is 9.58 Å². The predicted octanol–water partition coefficient (Wildman–Crippen LogP) is 3.47. The number of aromatic amines is 1. The first kappa shape index (κ1) is 15.4. The highest BCUT2D eigenvalue weighted by molar-refractivity contribution is 5.76. The fourth-order valence-electron chi connectivity index (χ4n) is 3.85. The van der Waals surface area contributed by atoms with Gasteiger partial charge in [0.2, 0.25) is 0 Å². The van der Waals surface area contributed by atoms with E-state index in [-0.39, 0.29) is 0 Å². The highest BCUT2D eigenvalue weighted by Gasteiger charge is 2.23. The second kappa shape index (κ2) is 6.40. The predicted molar refractivity (Wildman–Crippen MR) is 96.0 cm³/mol. The maximum Gasteiger partial charge on any atom is 0.137 e. The first-order valence-electron chi connectivity index (χ1n) is 8.92. The highest BCUT2D eigenvalue weighted by Crippen LogP contribution is 2.29. The second-order valence-corrected chi connectivity index (χ2v) is 6.81. The SMILES string of the molecule is CCn1ncc(CN2CCC[C@@H](c3cc4cccnc4[nH]3)C2)c1C. The molecule has 1 N–H and O–H groups in total. The van der Waals surface area contributed by atoms with E-state index in [2.05, 4.69) is 50.6 Å². The van der Waals surface area contributed by atoms with Crippen LogP contribution in [0.15, 0.2) is 30.6 Å². The van der Waals surface area contributed by atoms with Crippen molar-refractivity contribution >= 4 is 11.0 Å². The minimum absolute atomic E-state index is 0.564. The number of piperidine rings is 1. The van der Waals surface area contributed by atoms with Crippen LogP contribution in [0.25, 0.3) is 11.0 Å². The molecule has 0 amide bonds. The van der Waals surface area contributed by atoms with Crippen LogP contribution >= 0.6 is 0 Å². The molecular weight excluding hydrogens is 298 g/mol. The molecule has 126 valence electrons. The van der Waals surface area contributed by atoms with Gasteiger partial charge in [-0.2, -0.15) is 5.10 Å². The Kier molecular flexibility index (Phi) is 4.10. The molecule has 0 saturated carbocycles. The van der Waals surface area contributed by atoms with Crippen LogP contribution in [0, 0.1) is 6.92 Å². The van der Waals surface area contributed by atoms with Crippen molar-refractivity contribution in [1.82, 2.24) is 24.6 Å². The van der Waals surface area contributed by atoms with Gasteiger partial charge in [-0.05, 0) is 51.4 Å². The minimum Gasteiger partial charge on any atom is -0.343 e. The van der Waals surface area contributed by atoms with Crippen molar-refractivity contribution < 1.29 is 0 Å². The van der Waals surface area contributed by atoms with Crippen LogP contribution in [0.1, 0.15) is 42.6 Å². The van der Waals surface area contributed by atoms with Crippen LogP contribution in [-0.4, -0.2) is 37.7 Å². The third-order valence-corrected chi connectivity index (χ3v) is 5.26. The molecule has 4 heterocycles. The van der Waals surface area contributed by atoms with Gasteiger partial charge in [0.15, 0.2) is 0 Å². The van der Waals surface area contributed by atoms with E-state index in [9.17, 15) is 0 Å². The molecule has 0 radical (unpaired) electrons. The Bertz CT molecular complexity index is 798. The van der Waals surface area contributed by atoms with E-state index in [4.69, 9.17) is 0 Å². The summed E-state index contributed by atoms with van der Waals surface area (Å²) in [7, 11) is 0. The summed E-state index contributed by atoms with van der Waals surface area (Å²) in [4.78, 5) is 10.5. The summed E-state index contributed by atoms with van der Waals surface area (Å²) >= 11 is 0. The van der Waals surface area contributed by atoms with Crippen LogP contribution in [0.2, 0.25) is 0 Å². The molecular formula is C19H25N5. The van der Waals surface area contributed by atoms with Gasteiger partial charge in [-0.1, -0.05) is 0 Å². The van der Waals surface area contributed by atoms with E-state index < -0.39 is 0 Å². The van der Waals surface area contributed by atoms with E-state index in [1.807, 2.05) is 18.5 Å². The van der Waals surface area contributed by atoms with Crippen LogP contribution in [-0.2, 0) is 13.1 Å². The second-order valence-electron chi connectivity index (χ2n) is 6.81. The molecule has 5 heteroatoms. The molecule has 3 aromatic rings. The maximum absolute atomic E-state index is 4.48. The normalized spacial score (nSPS) is 19.2. The van der Waals surface area contributed by atoms with Crippen LogP contribution < -0.4 is 0 Å². The van der Waals surface area contributed by atoms with E-state index in [0.29, 0.717) is 5.92 Å². The van der Waals surface area contributed by atoms with Crippen molar-refractivity contribution in [1.29, 1.82) is 0 Å². The molecule has 3 aromatic heterocycles. The number of hydrogen-bond acceptors (Lipinski definition) is 3. The van der Waals surface area contributed by atoms with Gasteiger partial charge in [0.05, 0.1) is 6.20 Å². The number of aromatic nitrogens is 4. The number of hydrogen-bond donors (Lipinski definition) is 1. The summed E-state index contributed by atoms with van der Waals surface area (Å²) in [5, 5.41) is 5.69. The van der Waals surface area contributed by atoms with Crippen molar-refractivity contribution in [3.63, 3.8) is 0 Å². The fourth-order valence-corrected chi connectivity index (χ4v) is 3.85. The van der Waals surface area contributed by atoms with E-state index >= 15 is 0 Å². The van der Waals surface area contributed by atoms with Crippen molar-refractivity contribution in [2.45, 2.75) is 45.7 Å². The van der Waals surface area contributed by atoms with Crippen LogP contribution in [0.3, 0.4) is 0 Å². The van der Waals surface area contributed by atoms with Crippen LogP contribution in [0.4, 0.5) is 0 Å². The van der Waals surface area contributed by atoms with Gasteiger partial charge in [-0.15, -0.1) is 0 Å². The topological polar surface area (TPSA) is 49.7 Å². The van der Waals surface area contributed by atoms with E-state index in [1.54, 1.807) is 0 Å². The summed E-state index contributed by atoms with van der Waals surface area (Å²) in [6.07, 6.45) is 6.38. The van der Waals surface area contributed by atoms with Crippen molar-refractivity contribution in [2.75, 3.05) is 13.1 Å². The quantitative estimate of drug-likeness (QED) is 0.800. The van der Waals surface area contributed by atoms with Gasteiger partial charge < -0.3 is 4.98 Å². The molecule has 1 aliphatic rings. The largest absolute Gasteiger partial charge is 0.343 e. The summed E-state index contributed by atoms with van der Waals surface area (Å²) in [5.41, 5.74) is 4.99. The van der Waals surface area contributed by atoms with Crippen molar-refractivity contribution in [3.8, 4) is 0 Å². The molecule has 24 heavy (non-hydrogen) atoms. The average Bonchev–Trinajstić information content (AvgIpc) is 3.19. The first-order valence-corrected chi connectivity index (χ1v) is 8.92. The lowest BCUT2D eigenvalue weighted by Gasteiger charge is -2.32. The maximum atomic E-state index is 4.48. The molecule has 0 aliphatic carbocycles. The molecule has 1 aliphatic heterocycles. The van der Waals surface area contributed by atoms with Crippen molar-refractivity contribution in [3.05, 3.63) is 47.5 Å². The number of rotatable bonds is 4. The number of nitrogens with one attached hydrogen (secondary N) is 1. The number of nitrogens with zero attached hydrogens (tertiary/aromatic N) is 4. The molecule has 0 bridgehead atoms. The summed E-state index contributed by atoms with van der Waals surface area (Å²) in [6.45, 7) is 8.54. The Hall–Kier alpha value is -2.14. The molecule has 5 nitrogen and oxygen atoms in total. The van der Waals surface area contributed by atoms with Gasteiger partial charge in [-0.25, -0.2) is 4.98 Å². The third kappa shape index (κ3) is 2.84. The zero-order chi connectivity index (χ0) is 16.5. The molecule has 1 fully saturated rings. The number of fused-ring (bicyclic) bond motifs is 1. The van der Waals surface area contributed by atoms with E-state index in [0.717, 1.165) is 25.3 Å². The Morgan fingerprint density at radius 2 is 2.29 bits per heavy atom. The van der Waals surface area contributed by atoms with Gasteiger partial charge in [0.25, 0.3) is 0 Å². The molecule has 1 atom stereocenters. The van der Waals surface area contributed by atoms with Crippen molar-refractivity contribution in [2.24, 2.45) is 0 Å². The lowest BCUT2D eigenvalue weighted by molar-refractivity contribution is 0.198. The Balaban J connectivity index is 1.49. The number of aryl methyl sites for hydroxylation is 1. The summed E-state index contributed by atoms with van der Waals surface area (Å²) in [5.74, 6) is 0.564. The zero-order valence-corrected chi connectivity index (χ0v) is 14.5. The lowest BCUT2D eigenvalue weighted by Crippen LogP contribution is -2.34. The smallest absolute Gasteiger partial charge is 0.137 e. The van der Waals surface area contributed by atoms with Gasteiger partial charge in [0, 0.05) is 54.1 Å². The number of H-pyrrole nitrogens is 1. The zero-order valence-electron chi connectivity index (χ0n) is 14.5. The van der Waals surface area contributed by atoms with Gasteiger partial charge >= 0.3 is 0 Å². The lowest BCUT2D eigenvalue weighted by atomic mass is 9.94. The highest BCUT2D eigenvalue weighted by atomic mass is 15.3. The van der Waals surface area contributed by atoms with Crippen LogP contribution in [0.5, 0.6) is 0 Å². The molecule has 0 spiro atoms. The number of pyridine rings is 1. The Morgan fingerprint density at radius 1 is 1.38 bits per heavy atom. The molecule has 0 aromatic carbocycles. The molecule has 0 unspecified atom stereocenters. The average molecular weight is 323 g/mol. The van der Waals surface area contributed by atoms with Gasteiger partial charge in [0.1, 0.15) is 5.65 Å².